The molecule has 1 aliphatic rings. The zero-order chi connectivity index (χ0) is 23.4. The maximum absolute atomic E-state index is 12.7. The van der Waals surface area contributed by atoms with Crippen LogP contribution in [-0.4, -0.2) is 23.7 Å². The van der Waals surface area contributed by atoms with Crippen LogP contribution in [0, 0.1) is 6.92 Å². The summed E-state index contributed by atoms with van der Waals surface area (Å²) in [5.41, 5.74) is 2.97. The van der Waals surface area contributed by atoms with E-state index in [-0.39, 0.29) is 23.7 Å². The van der Waals surface area contributed by atoms with Gasteiger partial charge in [0.05, 0.1) is 10.6 Å². The topological polar surface area (TPSA) is 75.7 Å². The van der Waals surface area contributed by atoms with Crippen LogP contribution in [0.2, 0.25) is 5.02 Å². The van der Waals surface area contributed by atoms with Crippen LogP contribution in [0.25, 0.3) is 6.08 Å². The van der Waals surface area contributed by atoms with Gasteiger partial charge in [0.25, 0.3) is 17.1 Å². The molecule has 3 aromatic carbocycles. The van der Waals surface area contributed by atoms with Gasteiger partial charge in [-0.05, 0) is 84.4 Å². The van der Waals surface area contributed by atoms with E-state index in [9.17, 15) is 14.4 Å². The van der Waals surface area contributed by atoms with Gasteiger partial charge >= 0.3 is 0 Å². The molecule has 1 heterocycles. The first kappa shape index (κ1) is 22.6. The van der Waals surface area contributed by atoms with Gasteiger partial charge in [0, 0.05) is 10.7 Å². The van der Waals surface area contributed by atoms with E-state index in [1.54, 1.807) is 54.6 Å². The van der Waals surface area contributed by atoms with E-state index >= 15 is 0 Å². The number of benzene rings is 3. The lowest BCUT2D eigenvalue weighted by molar-refractivity contribution is -0.118. The zero-order valence-corrected chi connectivity index (χ0v) is 19.2. The van der Waals surface area contributed by atoms with Crippen molar-refractivity contribution in [3.63, 3.8) is 0 Å². The summed E-state index contributed by atoms with van der Waals surface area (Å²) in [7, 11) is 0. The molecule has 1 N–H and O–H groups in total. The maximum atomic E-state index is 12.7. The van der Waals surface area contributed by atoms with Gasteiger partial charge in [-0.15, -0.1) is 0 Å². The summed E-state index contributed by atoms with van der Waals surface area (Å²) in [6, 6.07) is 20.9. The Kier molecular flexibility index (Phi) is 6.82. The lowest BCUT2D eigenvalue weighted by Crippen LogP contribution is -2.27. The van der Waals surface area contributed by atoms with E-state index in [0.29, 0.717) is 27.1 Å². The van der Waals surface area contributed by atoms with Gasteiger partial charge in [0.15, 0.2) is 6.61 Å². The second kappa shape index (κ2) is 9.94. The second-order valence-corrected chi connectivity index (χ2v) is 8.70. The highest BCUT2D eigenvalue weighted by Gasteiger charge is 2.36. The van der Waals surface area contributed by atoms with Gasteiger partial charge in [0.2, 0.25) is 0 Å². The number of nitrogens with zero attached hydrogens (tertiary/aromatic N) is 1. The van der Waals surface area contributed by atoms with Crippen LogP contribution in [0.5, 0.6) is 5.75 Å². The van der Waals surface area contributed by atoms with E-state index in [2.05, 4.69) is 5.32 Å². The monoisotopic (exact) mass is 478 g/mol. The molecule has 1 saturated heterocycles. The first-order valence-corrected chi connectivity index (χ1v) is 11.2. The van der Waals surface area contributed by atoms with E-state index in [1.165, 1.54) is 0 Å². The lowest BCUT2D eigenvalue weighted by Gasteiger charge is -2.12. The van der Waals surface area contributed by atoms with Crippen molar-refractivity contribution in [2.75, 3.05) is 16.8 Å². The van der Waals surface area contributed by atoms with E-state index in [1.807, 2.05) is 31.2 Å². The fourth-order valence-corrected chi connectivity index (χ4v) is 4.13. The molecule has 0 aliphatic carbocycles. The van der Waals surface area contributed by atoms with Gasteiger partial charge < -0.3 is 10.1 Å². The minimum atomic E-state index is -0.388. The number of halogens is 1. The first-order valence-electron chi connectivity index (χ1n) is 10.0. The van der Waals surface area contributed by atoms with Gasteiger partial charge in [-0.1, -0.05) is 35.9 Å². The molecule has 3 aromatic rings. The number of nitrogens with one attached hydrogen (secondary N) is 1. The van der Waals surface area contributed by atoms with E-state index < -0.39 is 0 Å². The van der Waals surface area contributed by atoms with Gasteiger partial charge in [-0.2, -0.15) is 0 Å². The molecular weight excluding hydrogens is 460 g/mol. The molecule has 0 spiro atoms. The predicted molar refractivity (Wildman–Crippen MR) is 132 cm³/mol. The van der Waals surface area contributed by atoms with Crippen LogP contribution in [-0.2, 0) is 9.59 Å². The van der Waals surface area contributed by atoms with Crippen molar-refractivity contribution in [2.24, 2.45) is 0 Å². The summed E-state index contributed by atoms with van der Waals surface area (Å²) >= 11 is 6.76. The van der Waals surface area contributed by atoms with Crippen molar-refractivity contribution in [3.05, 3.63) is 93.9 Å². The van der Waals surface area contributed by atoms with Crippen LogP contribution in [0.4, 0.5) is 16.2 Å². The maximum Gasteiger partial charge on any atom is 0.298 e. The second-order valence-electron chi connectivity index (χ2n) is 7.27. The smallest absolute Gasteiger partial charge is 0.298 e. The highest BCUT2D eigenvalue weighted by Crippen LogP contribution is 2.36. The van der Waals surface area contributed by atoms with Crippen LogP contribution >= 0.6 is 23.4 Å². The third kappa shape index (κ3) is 5.63. The van der Waals surface area contributed by atoms with Crippen LogP contribution < -0.4 is 15.0 Å². The Balaban J connectivity index is 1.37. The minimum Gasteiger partial charge on any atom is -0.484 e. The predicted octanol–water partition coefficient (Wildman–Crippen LogP) is 5.91. The Morgan fingerprint density at radius 2 is 1.79 bits per heavy atom. The molecule has 0 atom stereocenters. The highest BCUT2D eigenvalue weighted by atomic mass is 35.5. The third-order valence-corrected chi connectivity index (χ3v) is 5.85. The molecule has 1 aliphatic heterocycles. The molecule has 0 saturated carbocycles. The van der Waals surface area contributed by atoms with Gasteiger partial charge in [-0.3, -0.25) is 14.4 Å². The Hall–Kier alpha value is -3.55. The summed E-state index contributed by atoms with van der Waals surface area (Å²) < 4.78 is 5.54. The first-order chi connectivity index (χ1) is 15.9. The number of rotatable bonds is 6. The Morgan fingerprint density at radius 3 is 2.48 bits per heavy atom. The number of anilines is 2. The van der Waals surface area contributed by atoms with Crippen molar-refractivity contribution in [3.8, 4) is 5.75 Å². The number of ether oxygens (including phenoxy) is 1. The molecule has 4 rings (SSSR count). The number of hydrogen-bond acceptors (Lipinski definition) is 5. The van der Waals surface area contributed by atoms with Crippen molar-refractivity contribution in [1.29, 1.82) is 0 Å². The fourth-order valence-electron chi connectivity index (χ4n) is 3.16. The molecule has 1 fully saturated rings. The lowest BCUT2D eigenvalue weighted by atomic mass is 10.2. The third-order valence-electron chi connectivity index (χ3n) is 4.73. The Morgan fingerprint density at radius 1 is 1.06 bits per heavy atom. The molecule has 0 radical (unpaired) electrons. The Bertz CT molecular complexity index is 1240. The SMILES string of the molecule is Cc1cccc(NC(=O)COc2ccc(/C=C3\SC(=O)N(c4ccc(Cl)cc4)C3=O)cc2)c1. The molecule has 33 heavy (non-hydrogen) atoms. The number of carbonyl (C=O) groups excluding carboxylic acids is 3. The molecule has 0 unspecified atom stereocenters. The molecule has 0 bridgehead atoms. The molecule has 8 heteroatoms. The summed E-state index contributed by atoms with van der Waals surface area (Å²) in [4.78, 5) is 38.6. The van der Waals surface area contributed by atoms with Crippen LogP contribution in [0.3, 0.4) is 0 Å². The molecule has 0 aromatic heterocycles. The van der Waals surface area contributed by atoms with E-state index in [0.717, 1.165) is 27.8 Å². The number of thioether (sulfide) groups is 1. The number of imide groups is 1. The minimum absolute atomic E-state index is 0.132. The average Bonchev–Trinajstić information content (AvgIpc) is 3.07. The number of carbonyl (C=O) groups is 3. The standard InChI is InChI=1S/C25H19ClN2O4S/c1-16-3-2-4-19(13-16)27-23(29)15-32-21-11-5-17(6-12-21)14-22-24(30)28(25(31)33-22)20-9-7-18(26)8-10-20/h2-14H,15H2,1H3,(H,27,29)/b22-14-. The number of aryl methyl sites for hydroxylation is 1. The molecule has 166 valence electrons. The average molecular weight is 479 g/mol. The zero-order valence-electron chi connectivity index (χ0n) is 17.6. The normalized spacial score (nSPS) is 14.6. The van der Waals surface area contributed by atoms with E-state index in [4.69, 9.17) is 16.3 Å². The van der Waals surface area contributed by atoms with Crippen LogP contribution in [0.15, 0.2) is 77.7 Å². The van der Waals surface area contributed by atoms with Crippen molar-refractivity contribution in [2.45, 2.75) is 6.92 Å². The summed E-state index contributed by atoms with van der Waals surface area (Å²) in [6.45, 7) is 1.82. The number of amides is 3. The quantitative estimate of drug-likeness (QED) is 0.446. The fraction of sp³-hybridized carbons (Fsp3) is 0.0800. The summed E-state index contributed by atoms with van der Waals surface area (Å²) in [5, 5.41) is 2.94. The molecular formula is C25H19ClN2O4S. The van der Waals surface area contributed by atoms with Crippen molar-refractivity contribution in [1.82, 2.24) is 0 Å². The summed E-state index contributed by atoms with van der Waals surface area (Å²) in [6.07, 6.45) is 1.65. The van der Waals surface area contributed by atoms with Crippen LogP contribution in [0.1, 0.15) is 11.1 Å². The van der Waals surface area contributed by atoms with Crippen molar-refractivity contribution < 1.29 is 19.1 Å². The van der Waals surface area contributed by atoms with Crippen molar-refractivity contribution >= 4 is 57.9 Å². The van der Waals surface area contributed by atoms with Gasteiger partial charge in [-0.25, -0.2) is 4.90 Å². The summed E-state index contributed by atoms with van der Waals surface area (Å²) in [5.74, 6) is -0.137. The molecule has 6 nitrogen and oxygen atoms in total. The highest BCUT2D eigenvalue weighted by molar-refractivity contribution is 8.19. The number of hydrogen-bond donors (Lipinski definition) is 1. The largest absolute Gasteiger partial charge is 0.484 e. The Labute approximate surface area is 200 Å². The molecule has 3 amide bonds. The van der Waals surface area contributed by atoms with Gasteiger partial charge in [0.1, 0.15) is 5.75 Å².